The van der Waals surface area contributed by atoms with Crippen LogP contribution in [0.4, 0.5) is 5.69 Å². The second-order valence-corrected chi connectivity index (χ2v) is 8.71. The monoisotopic (exact) mass is 404 g/mol. The summed E-state index contributed by atoms with van der Waals surface area (Å²) in [5.41, 5.74) is 0.402. The molecule has 0 bridgehead atoms. The number of sulfonamides is 1. The van der Waals surface area contributed by atoms with Gasteiger partial charge in [-0.15, -0.1) is 0 Å². The summed E-state index contributed by atoms with van der Waals surface area (Å²) in [6.45, 7) is 7.98. The molecule has 152 valence electrons. The predicted molar refractivity (Wildman–Crippen MR) is 111 cm³/mol. The molecule has 1 N–H and O–H groups in total. The van der Waals surface area contributed by atoms with Crippen molar-refractivity contribution in [2.45, 2.75) is 38.6 Å². The highest BCUT2D eigenvalue weighted by Crippen LogP contribution is 2.25. The number of hydrogen-bond donors (Lipinski definition) is 1. The summed E-state index contributed by atoms with van der Waals surface area (Å²) in [4.78, 5) is 12.7. The highest BCUT2D eigenvalue weighted by Gasteiger charge is 2.27. The number of amides is 1. The van der Waals surface area contributed by atoms with Crippen LogP contribution in [0.15, 0.2) is 59.5 Å². The molecule has 1 amide bonds. The number of benzene rings is 2. The lowest BCUT2D eigenvalue weighted by Crippen LogP contribution is -2.45. The molecule has 0 fully saturated rings. The van der Waals surface area contributed by atoms with Crippen LogP contribution in [-0.2, 0) is 14.8 Å². The van der Waals surface area contributed by atoms with Crippen molar-refractivity contribution in [3.05, 3.63) is 54.6 Å². The summed E-state index contributed by atoms with van der Waals surface area (Å²) in [6.07, 6.45) is 0. The van der Waals surface area contributed by atoms with Crippen molar-refractivity contribution in [3.8, 4) is 5.75 Å². The van der Waals surface area contributed by atoms with E-state index >= 15 is 0 Å². The molecule has 2 aromatic rings. The van der Waals surface area contributed by atoms with E-state index in [0.29, 0.717) is 18.0 Å². The molecule has 28 heavy (non-hydrogen) atoms. The summed E-state index contributed by atoms with van der Waals surface area (Å²) in [5, 5.41) is 2.87. The number of carbonyl (C=O) groups is 1. The first-order valence-corrected chi connectivity index (χ1v) is 10.8. The predicted octanol–water partition coefficient (Wildman–Crippen LogP) is 3.44. The van der Waals surface area contributed by atoms with Gasteiger partial charge in [0.1, 0.15) is 12.3 Å². The van der Waals surface area contributed by atoms with Crippen molar-refractivity contribution in [2.75, 3.05) is 17.5 Å². The largest absolute Gasteiger partial charge is 0.494 e. The number of carbonyl (C=O) groups excluding carboxylic acids is 1. The molecule has 2 rings (SSSR count). The van der Waals surface area contributed by atoms with Crippen LogP contribution in [0, 0.1) is 5.92 Å². The number of hydrogen-bond acceptors (Lipinski definition) is 4. The van der Waals surface area contributed by atoms with Gasteiger partial charge >= 0.3 is 0 Å². The highest BCUT2D eigenvalue weighted by atomic mass is 32.2. The van der Waals surface area contributed by atoms with Gasteiger partial charge in [0.25, 0.3) is 10.0 Å². The number of ether oxygens (including phenoxy) is 1. The van der Waals surface area contributed by atoms with Crippen molar-refractivity contribution in [1.82, 2.24) is 5.32 Å². The molecule has 0 spiro atoms. The van der Waals surface area contributed by atoms with Gasteiger partial charge in [0, 0.05) is 6.04 Å². The Hall–Kier alpha value is -2.54. The van der Waals surface area contributed by atoms with Crippen LogP contribution in [0.5, 0.6) is 5.75 Å². The van der Waals surface area contributed by atoms with Crippen molar-refractivity contribution in [2.24, 2.45) is 5.92 Å². The fourth-order valence-corrected chi connectivity index (χ4v) is 3.95. The molecular formula is C21H28N2O4S. The summed E-state index contributed by atoms with van der Waals surface area (Å²) in [6, 6.07) is 14.7. The lowest BCUT2D eigenvalue weighted by molar-refractivity contribution is -0.120. The van der Waals surface area contributed by atoms with Gasteiger partial charge in [-0.25, -0.2) is 8.42 Å². The molecule has 0 saturated heterocycles. The summed E-state index contributed by atoms with van der Waals surface area (Å²) in [5.74, 6) is 0.532. The number of nitrogens with one attached hydrogen (secondary N) is 1. The molecule has 0 aliphatic heterocycles. The fourth-order valence-electron chi connectivity index (χ4n) is 2.51. The Morgan fingerprint density at radius 3 is 2.18 bits per heavy atom. The Bertz CT molecular complexity index is 865. The second-order valence-electron chi connectivity index (χ2n) is 6.85. The molecule has 1 atom stereocenters. The number of nitrogens with zero attached hydrogens (tertiary/aromatic N) is 1. The van der Waals surface area contributed by atoms with Crippen molar-refractivity contribution >= 4 is 21.6 Å². The van der Waals surface area contributed by atoms with Gasteiger partial charge in [-0.2, -0.15) is 0 Å². The molecule has 7 heteroatoms. The lowest BCUT2D eigenvalue weighted by atomic mass is 10.1. The third-order valence-corrected chi connectivity index (χ3v) is 6.23. The second kappa shape index (κ2) is 9.59. The van der Waals surface area contributed by atoms with E-state index in [4.69, 9.17) is 4.74 Å². The number of rotatable bonds is 9. The summed E-state index contributed by atoms with van der Waals surface area (Å²) in [7, 11) is -3.90. The quantitative estimate of drug-likeness (QED) is 0.695. The zero-order valence-corrected chi connectivity index (χ0v) is 17.6. The smallest absolute Gasteiger partial charge is 0.264 e. The van der Waals surface area contributed by atoms with E-state index < -0.39 is 10.0 Å². The van der Waals surface area contributed by atoms with E-state index in [9.17, 15) is 13.2 Å². The highest BCUT2D eigenvalue weighted by molar-refractivity contribution is 7.92. The van der Waals surface area contributed by atoms with E-state index in [-0.39, 0.29) is 29.3 Å². The molecule has 0 aromatic heterocycles. The normalized spacial score (nSPS) is 12.5. The van der Waals surface area contributed by atoms with Crippen molar-refractivity contribution < 1.29 is 17.9 Å². The maximum Gasteiger partial charge on any atom is 0.264 e. The SMILES string of the molecule is CCOc1ccc(N(CC(=O)N[C@H](C)C(C)C)S(=O)(=O)c2ccccc2)cc1. The van der Waals surface area contributed by atoms with E-state index in [2.05, 4.69) is 5.32 Å². The van der Waals surface area contributed by atoms with Crippen LogP contribution in [0.1, 0.15) is 27.7 Å². The molecule has 0 aliphatic carbocycles. The average molecular weight is 405 g/mol. The minimum atomic E-state index is -3.90. The van der Waals surface area contributed by atoms with Crippen LogP contribution >= 0.6 is 0 Å². The minimum Gasteiger partial charge on any atom is -0.494 e. The Morgan fingerprint density at radius 1 is 1.04 bits per heavy atom. The van der Waals surface area contributed by atoms with Gasteiger partial charge in [0.2, 0.25) is 5.91 Å². The van der Waals surface area contributed by atoms with Crippen LogP contribution in [0.25, 0.3) is 0 Å². The molecule has 0 heterocycles. The molecule has 2 aromatic carbocycles. The Labute approximate surface area is 167 Å². The zero-order valence-electron chi connectivity index (χ0n) is 16.8. The van der Waals surface area contributed by atoms with Gasteiger partial charge in [0.05, 0.1) is 17.2 Å². The maximum atomic E-state index is 13.2. The van der Waals surface area contributed by atoms with Crippen LogP contribution in [-0.4, -0.2) is 33.5 Å². The van der Waals surface area contributed by atoms with Gasteiger partial charge in [-0.1, -0.05) is 32.0 Å². The van der Waals surface area contributed by atoms with Gasteiger partial charge < -0.3 is 10.1 Å². The van der Waals surface area contributed by atoms with Crippen LogP contribution < -0.4 is 14.4 Å². The van der Waals surface area contributed by atoms with Crippen molar-refractivity contribution in [1.29, 1.82) is 0 Å². The molecule has 0 unspecified atom stereocenters. The van der Waals surface area contributed by atoms with E-state index in [0.717, 1.165) is 4.31 Å². The lowest BCUT2D eigenvalue weighted by Gasteiger charge is -2.26. The van der Waals surface area contributed by atoms with Gasteiger partial charge in [-0.05, 0) is 56.2 Å². The van der Waals surface area contributed by atoms with Crippen LogP contribution in [0.2, 0.25) is 0 Å². The molecule has 0 radical (unpaired) electrons. The topological polar surface area (TPSA) is 75.7 Å². The standard InChI is InChI=1S/C21H28N2O4S/c1-5-27-19-13-11-18(12-14-19)23(15-21(24)22-17(4)16(2)3)28(25,26)20-9-7-6-8-10-20/h6-14,16-17H,5,15H2,1-4H3,(H,22,24)/t17-/m1/s1. The van der Waals surface area contributed by atoms with E-state index in [1.807, 2.05) is 27.7 Å². The molecular weight excluding hydrogens is 376 g/mol. The Kier molecular flexibility index (Phi) is 7.45. The maximum absolute atomic E-state index is 13.2. The third kappa shape index (κ3) is 5.48. The van der Waals surface area contributed by atoms with E-state index in [1.54, 1.807) is 42.5 Å². The first-order chi connectivity index (χ1) is 13.3. The average Bonchev–Trinajstić information content (AvgIpc) is 2.67. The molecule has 0 saturated carbocycles. The molecule has 0 aliphatic rings. The Balaban J connectivity index is 2.36. The van der Waals surface area contributed by atoms with Gasteiger partial charge in [-0.3, -0.25) is 9.10 Å². The summed E-state index contributed by atoms with van der Waals surface area (Å²) < 4.78 is 33.0. The Morgan fingerprint density at radius 2 is 1.64 bits per heavy atom. The van der Waals surface area contributed by atoms with Crippen molar-refractivity contribution in [3.63, 3.8) is 0 Å². The third-order valence-electron chi connectivity index (χ3n) is 4.44. The van der Waals surface area contributed by atoms with E-state index in [1.165, 1.54) is 12.1 Å². The molecule has 6 nitrogen and oxygen atoms in total. The summed E-state index contributed by atoms with van der Waals surface area (Å²) >= 11 is 0. The fraction of sp³-hybridized carbons (Fsp3) is 0.381. The number of anilines is 1. The van der Waals surface area contributed by atoms with Crippen LogP contribution in [0.3, 0.4) is 0 Å². The minimum absolute atomic E-state index is 0.0610. The first-order valence-electron chi connectivity index (χ1n) is 9.35. The zero-order chi connectivity index (χ0) is 20.7. The first kappa shape index (κ1) is 21.8. The van der Waals surface area contributed by atoms with Gasteiger partial charge in [0.15, 0.2) is 0 Å².